The van der Waals surface area contributed by atoms with E-state index in [1.54, 1.807) is 0 Å². The van der Waals surface area contributed by atoms with Gasteiger partial charge in [-0.2, -0.15) is 0 Å². The molecule has 1 aromatic carbocycles. The fraction of sp³-hybridized carbons (Fsp3) is 0.467. The lowest BCUT2D eigenvalue weighted by atomic mass is 9.88. The van der Waals surface area contributed by atoms with Crippen LogP contribution in [0.5, 0.6) is 0 Å². The van der Waals surface area contributed by atoms with E-state index in [-0.39, 0.29) is 12.5 Å². The standard InChI is InChI=1S/C15H21N3O2/c1-10(2)8-11-4-6-12(7-5-11)15(9-16)13(19)18(3)14(20)17-15/h4-7,10H,8-9,16H2,1-3H3,(H,17,20). The van der Waals surface area contributed by atoms with Crippen LogP contribution in [-0.2, 0) is 16.8 Å². The van der Waals surface area contributed by atoms with Crippen molar-refractivity contribution in [2.24, 2.45) is 11.7 Å². The number of benzene rings is 1. The van der Waals surface area contributed by atoms with Gasteiger partial charge in [0.15, 0.2) is 5.54 Å². The summed E-state index contributed by atoms with van der Waals surface area (Å²) >= 11 is 0. The van der Waals surface area contributed by atoms with Crippen molar-refractivity contribution in [1.29, 1.82) is 0 Å². The van der Waals surface area contributed by atoms with Crippen LogP contribution >= 0.6 is 0 Å². The van der Waals surface area contributed by atoms with E-state index < -0.39 is 11.6 Å². The second kappa shape index (κ2) is 5.25. The zero-order valence-electron chi connectivity index (χ0n) is 12.1. The number of hydrogen-bond acceptors (Lipinski definition) is 3. The third-order valence-corrected chi connectivity index (χ3v) is 3.69. The van der Waals surface area contributed by atoms with Crippen molar-refractivity contribution in [3.05, 3.63) is 35.4 Å². The Balaban J connectivity index is 2.33. The summed E-state index contributed by atoms with van der Waals surface area (Å²) in [6.07, 6.45) is 0.982. The minimum Gasteiger partial charge on any atom is -0.327 e. The number of carbonyl (C=O) groups is 2. The highest BCUT2D eigenvalue weighted by atomic mass is 16.2. The highest BCUT2D eigenvalue weighted by Crippen LogP contribution is 2.28. The van der Waals surface area contributed by atoms with Gasteiger partial charge in [-0.25, -0.2) is 4.79 Å². The highest BCUT2D eigenvalue weighted by Gasteiger charge is 2.50. The van der Waals surface area contributed by atoms with Crippen molar-refractivity contribution in [3.63, 3.8) is 0 Å². The molecule has 5 heteroatoms. The molecule has 1 unspecified atom stereocenters. The molecule has 0 radical (unpaired) electrons. The molecular formula is C15H21N3O2. The molecule has 2 rings (SSSR count). The second-order valence-electron chi connectivity index (χ2n) is 5.70. The first kappa shape index (κ1) is 14.5. The van der Waals surface area contributed by atoms with E-state index in [0.29, 0.717) is 5.92 Å². The van der Waals surface area contributed by atoms with Gasteiger partial charge in [0.25, 0.3) is 5.91 Å². The Morgan fingerprint density at radius 1 is 1.25 bits per heavy atom. The smallest absolute Gasteiger partial charge is 0.325 e. The van der Waals surface area contributed by atoms with Gasteiger partial charge < -0.3 is 11.1 Å². The van der Waals surface area contributed by atoms with Crippen LogP contribution in [0.4, 0.5) is 4.79 Å². The summed E-state index contributed by atoms with van der Waals surface area (Å²) in [6, 6.07) is 7.32. The Morgan fingerprint density at radius 3 is 2.25 bits per heavy atom. The molecule has 1 aliphatic rings. The van der Waals surface area contributed by atoms with Crippen molar-refractivity contribution in [2.75, 3.05) is 13.6 Å². The number of rotatable bonds is 4. The first-order chi connectivity index (χ1) is 9.40. The molecule has 3 N–H and O–H groups in total. The van der Waals surface area contributed by atoms with Gasteiger partial charge in [0.2, 0.25) is 0 Å². The summed E-state index contributed by atoms with van der Waals surface area (Å²) in [6.45, 7) is 4.36. The van der Waals surface area contributed by atoms with Crippen LogP contribution in [0.25, 0.3) is 0 Å². The molecule has 108 valence electrons. The molecule has 3 amide bonds. The van der Waals surface area contributed by atoms with E-state index in [0.717, 1.165) is 16.9 Å². The third kappa shape index (κ3) is 2.29. The van der Waals surface area contributed by atoms with Crippen molar-refractivity contribution in [3.8, 4) is 0 Å². The van der Waals surface area contributed by atoms with Gasteiger partial charge >= 0.3 is 6.03 Å². The van der Waals surface area contributed by atoms with Gasteiger partial charge in [0.1, 0.15) is 0 Å². The summed E-state index contributed by atoms with van der Waals surface area (Å²) in [5.41, 5.74) is 6.59. The zero-order valence-corrected chi connectivity index (χ0v) is 12.1. The first-order valence-electron chi connectivity index (χ1n) is 6.80. The van der Waals surface area contributed by atoms with E-state index in [4.69, 9.17) is 5.73 Å². The monoisotopic (exact) mass is 275 g/mol. The number of amides is 3. The number of nitrogens with two attached hydrogens (primary N) is 1. The van der Waals surface area contributed by atoms with Gasteiger partial charge in [0.05, 0.1) is 0 Å². The summed E-state index contributed by atoms with van der Waals surface area (Å²) in [5, 5.41) is 2.71. The molecule has 5 nitrogen and oxygen atoms in total. The number of carbonyl (C=O) groups excluding carboxylic acids is 2. The van der Waals surface area contributed by atoms with Crippen LogP contribution in [0.3, 0.4) is 0 Å². The molecule has 0 aromatic heterocycles. The number of urea groups is 1. The molecule has 20 heavy (non-hydrogen) atoms. The molecule has 1 heterocycles. The Kier molecular flexibility index (Phi) is 3.81. The maximum absolute atomic E-state index is 12.3. The Labute approximate surface area is 119 Å². The van der Waals surface area contributed by atoms with Crippen LogP contribution in [0.2, 0.25) is 0 Å². The predicted octanol–water partition coefficient (Wildman–Crippen LogP) is 1.22. The lowest BCUT2D eigenvalue weighted by molar-refractivity contribution is -0.130. The maximum Gasteiger partial charge on any atom is 0.325 e. The van der Waals surface area contributed by atoms with Crippen LogP contribution in [0, 0.1) is 5.92 Å². The fourth-order valence-corrected chi connectivity index (χ4v) is 2.55. The molecule has 1 atom stereocenters. The van der Waals surface area contributed by atoms with Crippen LogP contribution in [0.15, 0.2) is 24.3 Å². The molecule has 1 aromatic rings. The molecule has 0 bridgehead atoms. The van der Waals surface area contributed by atoms with E-state index in [2.05, 4.69) is 19.2 Å². The van der Waals surface area contributed by atoms with E-state index >= 15 is 0 Å². The minimum absolute atomic E-state index is 0.0471. The van der Waals surface area contributed by atoms with Gasteiger partial charge in [0, 0.05) is 13.6 Å². The summed E-state index contributed by atoms with van der Waals surface area (Å²) in [4.78, 5) is 25.1. The van der Waals surface area contributed by atoms with Crippen molar-refractivity contribution in [1.82, 2.24) is 10.2 Å². The number of likely N-dealkylation sites (N-methyl/N-ethyl adjacent to an activating group) is 1. The number of nitrogens with one attached hydrogen (secondary N) is 1. The van der Waals surface area contributed by atoms with Crippen LogP contribution < -0.4 is 11.1 Å². The molecular weight excluding hydrogens is 254 g/mol. The molecule has 1 aliphatic heterocycles. The van der Waals surface area contributed by atoms with Crippen molar-refractivity contribution < 1.29 is 9.59 Å². The first-order valence-corrected chi connectivity index (χ1v) is 6.80. The van der Waals surface area contributed by atoms with E-state index in [1.165, 1.54) is 12.6 Å². The molecule has 0 aliphatic carbocycles. The van der Waals surface area contributed by atoms with E-state index in [1.807, 2.05) is 24.3 Å². The average molecular weight is 275 g/mol. The number of imide groups is 1. The lowest BCUT2D eigenvalue weighted by Gasteiger charge is -2.25. The predicted molar refractivity (Wildman–Crippen MR) is 77.0 cm³/mol. The van der Waals surface area contributed by atoms with Gasteiger partial charge in [-0.15, -0.1) is 0 Å². The van der Waals surface area contributed by atoms with Gasteiger partial charge in [-0.05, 0) is 23.5 Å². The molecule has 1 saturated heterocycles. The molecule has 1 fully saturated rings. The summed E-state index contributed by atoms with van der Waals surface area (Å²) in [7, 11) is 1.46. The molecule has 0 saturated carbocycles. The largest absolute Gasteiger partial charge is 0.327 e. The summed E-state index contributed by atoms with van der Waals surface area (Å²) in [5.74, 6) is 0.268. The van der Waals surface area contributed by atoms with E-state index in [9.17, 15) is 9.59 Å². The molecule has 0 spiro atoms. The normalized spacial score (nSPS) is 22.6. The number of hydrogen-bond donors (Lipinski definition) is 2. The Morgan fingerprint density at radius 2 is 1.85 bits per heavy atom. The Hall–Kier alpha value is -1.88. The topological polar surface area (TPSA) is 75.4 Å². The second-order valence-corrected chi connectivity index (χ2v) is 5.70. The third-order valence-electron chi connectivity index (χ3n) is 3.69. The van der Waals surface area contributed by atoms with Crippen LogP contribution in [-0.4, -0.2) is 30.4 Å². The maximum atomic E-state index is 12.3. The SMILES string of the molecule is CC(C)Cc1ccc(C2(CN)NC(=O)N(C)C2=O)cc1. The van der Waals surface area contributed by atoms with Crippen molar-refractivity contribution in [2.45, 2.75) is 25.8 Å². The Bertz CT molecular complexity index is 524. The minimum atomic E-state index is -1.12. The highest BCUT2D eigenvalue weighted by molar-refractivity contribution is 6.07. The lowest BCUT2D eigenvalue weighted by Crippen LogP contribution is -2.50. The van der Waals surface area contributed by atoms with Gasteiger partial charge in [-0.1, -0.05) is 38.1 Å². The zero-order chi connectivity index (χ0) is 14.9. The average Bonchev–Trinajstić information content (AvgIpc) is 2.64. The quantitative estimate of drug-likeness (QED) is 0.811. The van der Waals surface area contributed by atoms with Crippen molar-refractivity contribution >= 4 is 11.9 Å². The summed E-state index contributed by atoms with van der Waals surface area (Å²) < 4.78 is 0. The van der Waals surface area contributed by atoms with Gasteiger partial charge in [-0.3, -0.25) is 9.69 Å². The fourth-order valence-electron chi connectivity index (χ4n) is 2.55. The van der Waals surface area contributed by atoms with Crippen LogP contribution in [0.1, 0.15) is 25.0 Å². The number of nitrogens with zero attached hydrogens (tertiary/aromatic N) is 1.